The zero-order valence-electron chi connectivity index (χ0n) is 16.4. The summed E-state index contributed by atoms with van der Waals surface area (Å²) >= 11 is 1.63. The summed E-state index contributed by atoms with van der Waals surface area (Å²) < 4.78 is 10.9. The molecule has 0 fully saturated rings. The third-order valence-electron chi connectivity index (χ3n) is 3.60. The highest BCUT2D eigenvalue weighted by Crippen LogP contribution is 2.37. The molecule has 0 aromatic heterocycles. The number of carbonyl (C=O) groups excluding carboxylic acids is 1. The van der Waals surface area contributed by atoms with Crippen molar-refractivity contribution in [2.75, 3.05) is 20.8 Å². The molecule has 29 heavy (non-hydrogen) atoms. The summed E-state index contributed by atoms with van der Waals surface area (Å²) in [5.74, 6) is 0.228. The van der Waals surface area contributed by atoms with Gasteiger partial charge in [-0.1, -0.05) is 71.1 Å². The zero-order valence-corrected chi connectivity index (χ0v) is 18.8. The van der Waals surface area contributed by atoms with Gasteiger partial charge in [-0.2, -0.15) is 0 Å². The molecule has 2 aromatic carbocycles. The molecule has 2 aromatic rings. The highest BCUT2D eigenvalue weighted by atomic mass is 33.1. The van der Waals surface area contributed by atoms with E-state index in [4.69, 9.17) is 9.47 Å². The van der Waals surface area contributed by atoms with Crippen LogP contribution in [0.3, 0.4) is 0 Å². The van der Waals surface area contributed by atoms with Crippen molar-refractivity contribution in [3.05, 3.63) is 84.6 Å². The molecule has 0 unspecified atom stereocenters. The molecule has 0 saturated carbocycles. The number of aliphatic imine (C=N–C) groups is 1. The summed E-state index contributed by atoms with van der Waals surface area (Å²) in [4.78, 5) is 17.9. The van der Waals surface area contributed by atoms with Gasteiger partial charge in [0, 0.05) is 10.6 Å². The minimum absolute atomic E-state index is 0.391. The van der Waals surface area contributed by atoms with Crippen LogP contribution in [-0.2, 0) is 20.0 Å². The first kappa shape index (κ1) is 23.2. The third-order valence-corrected chi connectivity index (χ3v) is 7.47. The number of methoxy groups -OCH3 is 2. The van der Waals surface area contributed by atoms with Crippen LogP contribution < -0.4 is 0 Å². The van der Waals surface area contributed by atoms with Crippen LogP contribution in [0.1, 0.15) is 11.1 Å². The minimum Gasteiger partial charge on any atom is -0.503 e. The van der Waals surface area contributed by atoms with Crippen LogP contribution in [0.2, 0.25) is 0 Å². The molecule has 0 amide bonds. The fourth-order valence-electron chi connectivity index (χ4n) is 2.29. The van der Waals surface area contributed by atoms with E-state index in [1.807, 2.05) is 42.5 Å². The van der Waals surface area contributed by atoms with E-state index in [0.29, 0.717) is 17.9 Å². The van der Waals surface area contributed by atoms with Crippen molar-refractivity contribution < 1.29 is 14.3 Å². The molecule has 0 bridgehead atoms. The van der Waals surface area contributed by atoms with Crippen LogP contribution in [0.25, 0.3) is 5.57 Å². The summed E-state index contributed by atoms with van der Waals surface area (Å²) in [5.41, 5.74) is 2.18. The minimum atomic E-state index is -0.432. The molecular weight excluding hydrogens is 422 g/mol. The van der Waals surface area contributed by atoms with Gasteiger partial charge >= 0.3 is 5.97 Å². The van der Waals surface area contributed by atoms with Crippen molar-refractivity contribution in [2.24, 2.45) is 4.99 Å². The largest absolute Gasteiger partial charge is 0.503 e. The molecule has 152 valence electrons. The molecule has 0 N–H and O–H groups in total. The average Bonchev–Trinajstić information content (AvgIpc) is 2.77. The molecule has 2 rings (SSSR count). The number of nitrogens with zero attached hydrogens (tertiary/aromatic N) is 1. The SMILES string of the molecule is C=CC/N=C(\SCc1ccccc1/C(=C\OC)C(=O)OC)SSc1ccccc1. The molecule has 0 aliphatic heterocycles. The Hall–Kier alpha value is -2.09. The Bertz CT molecular complexity index is 867. The Balaban J connectivity index is 2.15. The van der Waals surface area contributed by atoms with E-state index in [0.717, 1.165) is 15.5 Å². The van der Waals surface area contributed by atoms with E-state index in [-0.39, 0.29) is 0 Å². The number of hydrogen-bond acceptors (Lipinski definition) is 7. The van der Waals surface area contributed by atoms with Gasteiger partial charge in [0.1, 0.15) is 9.95 Å². The molecule has 0 saturated heterocycles. The molecule has 4 nitrogen and oxygen atoms in total. The maximum absolute atomic E-state index is 12.2. The van der Waals surface area contributed by atoms with Crippen LogP contribution in [0.4, 0.5) is 0 Å². The number of rotatable bonds is 9. The summed E-state index contributed by atoms with van der Waals surface area (Å²) in [7, 11) is 6.16. The topological polar surface area (TPSA) is 47.9 Å². The summed E-state index contributed by atoms with van der Waals surface area (Å²) in [6, 6.07) is 17.9. The highest BCUT2D eigenvalue weighted by molar-refractivity contribution is 8.86. The Morgan fingerprint density at radius 2 is 1.83 bits per heavy atom. The lowest BCUT2D eigenvalue weighted by Gasteiger charge is -2.12. The predicted octanol–water partition coefficient (Wildman–Crippen LogP) is 6.06. The van der Waals surface area contributed by atoms with Crippen molar-refractivity contribution in [2.45, 2.75) is 10.6 Å². The number of ether oxygens (including phenoxy) is 2. The number of hydrogen-bond donors (Lipinski definition) is 0. The predicted molar refractivity (Wildman–Crippen MR) is 127 cm³/mol. The highest BCUT2D eigenvalue weighted by Gasteiger charge is 2.17. The van der Waals surface area contributed by atoms with Crippen LogP contribution in [0.5, 0.6) is 0 Å². The van der Waals surface area contributed by atoms with Crippen LogP contribution >= 0.6 is 33.3 Å². The van der Waals surface area contributed by atoms with Gasteiger partial charge in [0.05, 0.1) is 27.0 Å². The van der Waals surface area contributed by atoms with E-state index >= 15 is 0 Å². The van der Waals surface area contributed by atoms with Gasteiger partial charge < -0.3 is 9.47 Å². The second-order valence-electron chi connectivity index (χ2n) is 5.58. The second-order valence-corrected chi connectivity index (χ2v) is 8.99. The molecule has 0 aliphatic rings. The number of benzene rings is 2. The quantitative estimate of drug-likeness (QED) is 0.0889. The van der Waals surface area contributed by atoms with Gasteiger partial charge in [0.15, 0.2) is 0 Å². The molecule has 0 aliphatic carbocycles. The third kappa shape index (κ3) is 7.68. The fourth-order valence-corrected chi connectivity index (χ4v) is 5.65. The molecule has 0 heterocycles. The first-order chi connectivity index (χ1) is 14.2. The van der Waals surface area contributed by atoms with Crippen LogP contribution in [-0.4, -0.2) is 31.1 Å². The van der Waals surface area contributed by atoms with E-state index in [1.54, 1.807) is 39.4 Å². The van der Waals surface area contributed by atoms with Crippen LogP contribution in [0.15, 0.2) is 83.4 Å². The normalized spacial score (nSPS) is 11.8. The number of esters is 1. The van der Waals surface area contributed by atoms with Crippen molar-refractivity contribution in [1.82, 2.24) is 0 Å². The lowest BCUT2D eigenvalue weighted by atomic mass is 10.0. The molecule has 0 atom stereocenters. The van der Waals surface area contributed by atoms with Crippen molar-refractivity contribution in [3.63, 3.8) is 0 Å². The first-order valence-electron chi connectivity index (χ1n) is 8.76. The molecule has 0 spiro atoms. The van der Waals surface area contributed by atoms with Gasteiger partial charge in [0.2, 0.25) is 0 Å². The van der Waals surface area contributed by atoms with Crippen molar-refractivity contribution >= 4 is 49.3 Å². The standard InChI is InChI=1S/C22H23NO3S3/c1-4-14-23-22(29-28-18-11-6-5-7-12-18)27-16-17-10-8-9-13-19(17)20(15-25-2)21(24)26-3/h4-13,15H,1,14,16H2,2-3H3/b20-15+,23-22+. The van der Waals surface area contributed by atoms with E-state index in [2.05, 4.69) is 23.7 Å². The number of thioether (sulfide) groups is 1. The first-order valence-corrected chi connectivity index (χ1v) is 11.9. The van der Waals surface area contributed by atoms with E-state index < -0.39 is 5.97 Å². The van der Waals surface area contributed by atoms with Gasteiger partial charge in [-0.25, -0.2) is 4.79 Å². The average molecular weight is 446 g/mol. The van der Waals surface area contributed by atoms with Crippen molar-refractivity contribution in [3.8, 4) is 0 Å². The maximum atomic E-state index is 12.2. The van der Waals surface area contributed by atoms with Gasteiger partial charge in [-0.05, 0) is 34.1 Å². The lowest BCUT2D eigenvalue weighted by molar-refractivity contribution is -0.133. The van der Waals surface area contributed by atoms with Crippen LogP contribution in [0, 0.1) is 0 Å². The Morgan fingerprint density at radius 1 is 1.10 bits per heavy atom. The summed E-state index contributed by atoms with van der Waals surface area (Å²) in [6.45, 7) is 4.31. The van der Waals surface area contributed by atoms with Gasteiger partial charge in [0.25, 0.3) is 0 Å². The molecule has 0 radical (unpaired) electrons. The Labute approximate surface area is 184 Å². The van der Waals surface area contributed by atoms with E-state index in [9.17, 15) is 4.79 Å². The number of carbonyl (C=O) groups is 1. The van der Waals surface area contributed by atoms with Gasteiger partial charge in [-0.3, -0.25) is 4.99 Å². The second kappa shape index (κ2) is 13.2. The maximum Gasteiger partial charge on any atom is 0.341 e. The summed E-state index contributed by atoms with van der Waals surface area (Å²) in [6.07, 6.45) is 3.20. The van der Waals surface area contributed by atoms with E-state index in [1.165, 1.54) is 25.4 Å². The lowest BCUT2D eigenvalue weighted by Crippen LogP contribution is -2.06. The fraction of sp³-hybridized carbons (Fsp3) is 0.182. The van der Waals surface area contributed by atoms with Crippen molar-refractivity contribution in [1.29, 1.82) is 0 Å². The smallest absolute Gasteiger partial charge is 0.341 e. The Kier molecular flexibility index (Phi) is 10.5. The molecule has 7 heteroatoms. The monoisotopic (exact) mass is 445 g/mol. The molecular formula is C22H23NO3S3. The Morgan fingerprint density at radius 3 is 2.52 bits per heavy atom. The zero-order chi connectivity index (χ0) is 20.9. The van der Waals surface area contributed by atoms with Gasteiger partial charge in [-0.15, -0.1) is 6.58 Å². The summed E-state index contributed by atoms with van der Waals surface area (Å²) in [5, 5.41) is 0.